The first-order chi connectivity index (χ1) is 13.7. The van der Waals surface area contributed by atoms with Crippen molar-refractivity contribution in [3.8, 4) is 5.69 Å². The summed E-state index contributed by atoms with van der Waals surface area (Å²) in [5.41, 5.74) is 0.981. The summed E-state index contributed by atoms with van der Waals surface area (Å²) in [5.74, 6) is 2.38. The molecule has 3 aromatic rings. The molecule has 0 N–H and O–H groups in total. The second-order valence-corrected chi connectivity index (χ2v) is 7.65. The zero-order chi connectivity index (χ0) is 19.3. The van der Waals surface area contributed by atoms with Gasteiger partial charge in [0.25, 0.3) is 0 Å². The van der Waals surface area contributed by atoms with E-state index in [2.05, 4.69) is 50.2 Å². The Labute approximate surface area is 165 Å². The van der Waals surface area contributed by atoms with Gasteiger partial charge in [-0.25, -0.2) is 4.98 Å². The first-order valence-corrected chi connectivity index (χ1v) is 9.97. The molecular formula is C20H28N8. The average molecular weight is 381 g/mol. The molecule has 1 aromatic carbocycles. The molecule has 1 atom stereocenters. The Bertz CT molecular complexity index is 869. The molecule has 2 aromatic heterocycles. The molecule has 148 valence electrons. The summed E-state index contributed by atoms with van der Waals surface area (Å²) in [4.78, 5) is 9.21. The third-order valence-corrected chi connectivity index (χ3v) is 5.28. The van der Waals surface area contributed by atoms with Crippen molar-refractivity contribution in [1.82, 2.24) is 34.7 Å². The third kappa shape index (κ3) is 4.06. The van der Waals surface area contributed by atoms with E-state index in [1.165, 1.54) is 5.82 Å². The highest BCUT2D eigenvalue weighted by Crippen LogP contribution is 2.29. The van der Waals surface area contributed by atoms with Crippen LogP contribution in [0.25, 0.3) is 5.69 Å². The van der Waals surface area contributed by atoms with Crippen LogP contribution in [-0.2, 0) is 6.54 Å². The SMILES string of the molecule is CN(C)CCCn1ccnc1C1CCCN(c2nnnn2-c2ccccc2)C1. The second-order valence-electron chi connectivity index (χ2n) is 7.65. The van der Waals surface area contributed by atoms with E-state index in [0.29, 0.717) is 5.92 Å². The Morgan fingerprint density at radius 3 is 2.86 bits per heavy atom. The molecule has 8 heteroatoms. The molecule has 0 bridgehead atoms. The lowest BCUT2D eigenvalue weighted by molar-refractivity contribution is 0.380. The van der Waals surface area contributed by atoms with Crippen LogP contribution in [0.1, 0.15) is 31.0 Å². The van der Waals surface area contributed by atoms with Crippen molar-refractivity contribution in [2.75, 3.05) is 38.6 Å². The lowest BCUT2D eigenvalue weighted by Gasteiger charge is -2.32. The van der Waals surface area contributed by atoms with E-state index in [1.807, 2.05) is 41.2 Å². The van der Waals surface area contributed by atoms with Gasteiger partial charge in [0.15, 0.2) is 0 Å². The molecule has 8 nitrogen and oxygen atoms in total. The number of para-hydroxylation sites is 1. The Hall–Kier alpha value is -2.74. The monoisotopic (exact) mass is 380 g/mol. The van der Waals surface area contributed by atoms with Crippen molar-refractivity contribution in [1.29, 1.82) is 0 Å². The molecule has 28 heavy (non-hydrogen) atoms. The molecule has 0 spiro atoms. The van der Waals surface area contributed by atoms with Crippen molar-refractivity contribution in [2.24, 2.45) is 0 Å². The van der Waals surface area contributed by atoms with Crippen LogP contribution >= 0.6 is 0 Å². The van der Waals surface area contributed by atoms with E-state index in [4.69, 9.17) is 4.98 Å². The lowest BCUT2D eigenvalue weighted by atomic mass is 9.97. The minimum absolute atomic E-state index is 0.393. The van der Waals surface area contributed by atoms with Gasteiger partial charge in [0, 0.05) is 37.9 Å². The lowest BCUT2D eigenvalue weighted by Crippen LogP contribution is -2.37. The molecule has 1 aliphatic heterocycles. The number of imidazole rings is 1. The summed E-state index contributed by atoms with van der Waals surface area (Å²) >= 11 is 0. The van der Waals surface area contributed by atoms with Crippen molar-refractivity contribution < 1.29 is 0 Å². The first-order valence-electron chi connectivity index (χ1n) is 9.97. The van der Waals surface area contributed by atoms with Gasteiger partial charge >= 0.3 is 0 Å². The highest BCUT2D eigenvalue weighted by Gasteiger charge is 2.27. The Kier molecular flexibility index (Phi) is 5.66. The van der Waals surface area contributed by atoms with E-state index in [9.17, 15) is 0 Å². The Morgan fingerprint density at radius 1 is 1.18 bits per heavy atom. The number of anilines is 1. The predicted octanol–water partition coefficient (Wildman–Crippen LogP) is 2.19. The fourth-order valence-electron chi connectivity index (χ4n) is 3.91. The van der Waals surface area contributed by atoms with E-state index < -0.39 is 0 Å². The molecule has 1 aliphatic rings. The van der Waals surface area contributed by atoms with Crippen LogP contribution in [0.5, 0.6) is 0 Å². The van der Waals surface area contributed by atoms with Gasteiger partial charge in [-0.2, -0.15) is 4.68 Å². The van der Waals surface area contributed by atoms with E-state index in [1.54, 1.807) is 0 Å². The standard InChI is InChI=1S/C20H28N8/c1-25(2)12-7-14-26-15-11-21-19(26)17-8-6-13-27(16-17)20-22-23-24-28(20)18-9-4-3-5-10-18/h3-5,9-11,15,17H,6-8,12-14,16H2,1-2H3. The minimum atomic E-state index is 0.393. The van der Waals surface area contributed by atoms with Crippen LogP contribution < -0.4 is 4.90 Å². The van der Waals surface area contributed by atoms with Crippen LogP contribution in [0.2, 0.25) is 0 Å². The van der Waals surface area contributed by atoms with Gasteiger partial charge in [-0.3, -0.25) is 0 Å². The van der Waals surface area contributed by atoms with Crippen molar-refractivity contribution in [2.45, 2.75) is 31.7 Å². The average Bonchev–Trinajstić information content (AvgIpc) is 3.38. The summed E-state index contributed by atoms with van der Waals surface area (Å²) < 4.78 is 4.14. The molecule has 0 aliphatic carbocycles. The first kappa shape index (κ1) is 18.6. The van der Waals surface area contributed by atoms with Crippen LogP contribution in [0.3, 0.4) is 0 Å². The predicted molar refractivity (Wildman–Crippen MR) is 109 cm³/mol. The van der Waals surface area contributed by atoms with Gasteiger partial charge in [0.1, 0.15) is 5.82 Å². The van der Waals surface area contributed by atoms with Gasteiger partial charge in [0.05, 0.1) is 5.69 Å². The smallest absolute Gasteiger partial charge is 0.250 e. The molecule has 1 unspecified atom stereocenters. The van der Waals surface area contributed by atoms with E-state index in [0.717, 1.165) is 57.1 Å². The number of nitrogens with zero attached hydrogens (tertiary/aromatic N) is 8. The van der Waals surface area contributed by atoms with Crippen LogP contribution in [0.4, 0.5) is 5.95 Å². The quantitative estimate of drug-likeness (QED) is 0.626. The summed E-state index contributed by atoms with van der Waals surface area (Å²) in [5, 5.41) is 12.5. The number of aromatic nitrogens is 6. The molecule has 1 fully saturated rings. The zero-order valence-electron chi connectivity index (χ0n) is 16.6. The van der Waals surface area contributed by atoms with Gasteiger partial charge in [-0.05, 0) is 62.5 Å². The van der Waals surface area contributed by atoms with Gasteiger partial charge in [0.2, 0.25) is 5.95 Å². The maximum absolute atomic E-state index is 4.70. The largest absolute Gasteiger partial charge is 0.339 e. The summed E-state index contributed by atoms with van der Waals surface area (Å²) in [7, 11) is 4.23. The van der Waals surface area contributed by atoms with Gasteiger partial charge in [-0.15, -0.1) is 0 Å². The topological polar surface area (TPSA) is 67.9 Å². The van der Waals surface area contributed by atoms with Crippen LogP contribution in [0.15, 0.2) is 42.7 Å². The number of benzene rings is 1. The fourth-order valence-corrected chi connectivity index (χ4v) is 3.91. The second kappa shape index (κ2) is 8.52. The van der Waals surface area contributed by atoms with Gasteiger partial charge in [-0.1, -0.05) is 23.3 Å². The van der Waals surface area contributed by atoms with Crippen molar-refractivity contribution >= 4 is 5.95 Å². The molecule has 0 saturated carbocycles. The van der Waals surface area contributed by atoms with Crippen LogP contribution in [0, 0.1) is 0 Å². The maximum atomic E-state index is 4.70. The molecule has 1 saturated heterocycles. The van der Waals surface area contributed by atoms with Crippen LogP contribution in [-0.4, -0.2) is 68.4 Å². The molecule has 3 heterocycles. The Balaban J connectivity index is 1.49. The number of piperidine rings is 1. The molecule has 0 radical (unpaired) electrons. The Morgan fingerprint density at radius 2 is 2.04 bits per heavy atom. The normalized spacial score (nSPS) is 17.4. The summed E-state index contributed by atoms with van der Waals surface area (Å²) in [6.45, 7) is 3.94. The van der Waals surface area contributed by atoms with Gasteiger partial charge < -0.3 is 14.4 Å². The highest BCUT2D eigenvalue weighted by molar-refractivity contribution is 5.41. The molecular weight excluding hydrogens is 352 g/mol. The highest BCUT2D eigenvalue weighted by atomic mass is 15.6. The maximum Gasteiger partial charge on any atom is 0.250 e. The minimum Gasteiger partial charge on any atom is -0.339 e. The summed E-state index contributed by atoms with van der Waals surface area (Å²) in [6.07, 6.45) is 7.42. The number of hydrogen-bond acceptors (Lipinski definition) is 6. The van der Waals surface area contributed by atoms with E-state index in [-0.39, 0.29) is 0 Å². The summed E-state index contributed by atoms with van der Waals surface area (Å²) in [6, 6.07) is 10.1. The van der Waals surface area contributed by atoms with Crippen molar-refractivity contribution in [3.05, 3.63) is 48.5 Å². The number of tetrazole rings is 1. The third-order valence-electron chi connectivity index (χ3n) is 5.28. The molecule has 4 rings (SSSR count). The number of rotatable bonds is 7. The zero-order valence-corrected chi connectivity index (χ0v) is 16.6. The van der Waals surface area contributed by atoms with E-state index >= 15 is 0 Å². The molecule has 0 amide bonds. The number of aryl methyl sites for hydroxylation is 1. The van der Waals surface area contributed by atoms with Crippen molar-refractivity contribution in [3.63, 3.8) is 0 Å². The number of hydrogen-bond donors (Lipinski definition) is 0. The fraction of sp³-hybridized carbons (Fsp3) is 0.500.